The topological polar surface area (TPSA) is 114 Å². The number of morpholine rings is 1. The van der Waals surface area contributed by atoms with Crippen molar-refractivity contribution in [3.63, 3.8) is 0 Å². The van der Waals surface area contributed by atoms with Gasteiger partial charge in [0.25, 0.3) is 5.91 Å². The summed E-state index contributed by atoms with van der Waals surface area (Å²) in [6.45, 7) is 1.41. The lowest BCUT2D eigenvalue weighted by Gasteiger charge is -2.32. The number of pyridine rings is 1. The van der Waals surface area contributed by atoms with Crippen LogP contribution in [0.5, 0.6) is 0 Å². The van der Waals surface area contributed by atoms with E-state index in [4.69, 9.17) is 15.5 Å². The maximum absolute atomic E-state index is 13.3. The lowest BCUT2D eigenvalue weighted by atomic mass is 10.1. The predicted molar refractivity (Wildman–Crippen MR) is 123 cm³/mol. The van der Waals surface area contributed by atoms with E-state index in [1.807, 2.05) is 35.2 Å². The average Bonchev–Trinajstić information content (AvgIpc) is 3.11. The number of aromatic amines is 1. The summed E-state index contributed by atoms with van der Waals surface area (Å²) < 4.78 is 5.99. The Labute approximate surface area is 192 Å². The molecule has 0 radical (unpaired) electrons. The lowest BCUT2D eigenvalue weighted by molar-refractivity contribution is -0.0249. The number of primary amides is 1. The maximum Gasteiger partial charge on any atom is 0.274 e. The molecule has 2 amide bonds. The summed E-state index contributed by atoms with van der Waals surface area (Å²) in [4.78, 5) is 31.3. The molecule has 1 aromatic carbocycles. The van der Waals surface area contributed by atoms with E-state index in [0.717, 1.165) is 53.9 Å². The molecule has 1 atom stereocenters. The smallest absolute Gasteiger partial charge is 0.274 e. The molecule has 1 fully saturated rings. The van der Waals surface area contributed by atoms with Gasteiger partial charge in [0, 0.05) is 28.9 Å². The van der Waals surface area contributed by atoms with Crippen molar-refractivity contribution < 1.29 is 14.3 Å². The van der Waals surface area contributed by atoms with Crippen LogP contribution < -0.4 is 5.73 Å². The zero-order valence-corrected chi connectivity index (χ0v) is 18.4. The van der Waals surface area contributed by atoms with E-state index >= 15 is 0 Å². The van der Waals surface area contributed by atoms with Crippen molar-refractivity contribution in [3.8, 4) is 11.3 Å². The molecular weight excluding hydrogens is 418 g/mol. The number of nitrogens with two attached hydrogens (primary N) is 1. The van der Waals surface area contributed by atoms with Gasteiger partial charge in [-0.2, -0.15) is 5.10 Å². The fraction of sp³-hybridized carbons (Fsp3) is 0.360. The largest absolute Gasteiger partial charge is 0.368 e. The summed E-state index contributed by atoms with van der Waals surface area (Å²) in [7, 11) is 0. The minimum Gasteiger partial charge on any atom is -0.368 e. The van der Waals surface area contributed by atoms with E-state index in [0.29, 0.717) is 31.0 Å². The minimum atomic E-state index is -0.461. The molecule has 3 N–H and O–H groups in total. The molecule has 2 aromatic heterocycles. The van der Waals surface area contributed by atoms with Gasteiger partial charge in [0.05, 0.1) is 24.5 Å². The maximum atomic E-state index is 13.3. The third-order valence-corrected chi connectivity index (χ3v) is 6.43. The SMILES string of the molecule is NC(=O)c1ccc(-c2cccc([C@@H]3CN(C(=O)c4n[nH]c5c4CCCCC5)CCO3)n2)cc1. The number of rotatable bonds is 4. The van der Waals surface area contributed by atoms with Gasteiger partial charge in [-0.05, 0) is 49.9 Å². The van der Waals surface area contributed by atoms with Crippen LogP contribution in [0.25, 0.3) is 11.3 Å². The summed E-state index contributed by atoms with van der Waals surface area (Å²) in [5.74, 6) is -0.502. The predicted octanol–water partition coefficient (Wildman–Crippen LogP) is 3.05. The number of carbonyl (C=O) groups excluding carboxylic acids is 2. The van der Waals surface area contributed by atoms with E-state index in [2.05, 4.69) is 10.2 Å². The molecule has 5 rings (SSSR count). The van der Waals surface area contributed by atoms with Crippen molar-refractivity contribution in [2.24, 2.45) is 5.73 Å². The number of ether oxygens (including phenoxy) is 1. The van der Waals surface area contributed by atoms with Gasteiger partial charge in [-0.25, -0.2) is 4.98 Å². The van der Waals surface area contributed by atoms with Crippen molar-refractivity contribution in [1.29, 1.82) is 0 Å². The molecule has 0 bridgehead atoms. The third kappa shape index (κ3) is 4.39. The number of amides is 2. The first kappa shape index (κ1) is 21.3. The quantitative estimate of drug-likeness (QED) is 0.599. The van der Waals surface area contributed by atoms with Crippen LogP contribution in [0.4, 0.5) is 0 Å². The lowest BCUT2D eigenvalue weighted by Crippen LogP contribution is -2.43. The van der Waals surface area contributed by atoms with Gasteiger partial charge < -0.3 is 15.4 Å². The molecule has 170 valence electrons. The molecule has 0 saturated carbocycles. The Balaban J connectivity index is 1.34. The Morgan fingerprint density at radius 1 is 1.06 bits per heavy atom. The van der Waals surface area contributed by atoms with Gasteiger partial charge >= 0.3 is 0 Å². The van der Waals surface area contributed by atoms with Crippen molar-refractivity contribution in [1.82, 2.24) is 20.1 Å². The highest BCUT2D eigenvalue weighted by atomic mass is 16.5. The van der Waals surface area contributed by atoms with E-state index in [1.54, 1.807) is 12.1 Å². The van der Waals surface area contributed by atoms with Crippen LogP contribution in [-0.4, -0.2) is 51.6 Å². The van der Waals surface area contributed by atoms with Gasteiger partial charge in [0.15, 0.2) is 5.69 Å². The molecule has 0 spiro atoms. The third-order valence-electron chi connectivity index (χ3n) is 6.43. The summed E-state index contributed by atoms with van der Waals surface area (Å²) in [6, 6.07) is 12.8. The van der Waals surface area contributed by atoms with Crippen molar-refractivity contribution in [2.75, 3.05) is 19.7 Å². The highest BCUT2D eigenvalue weighted by Crippen LogP contribution is 2.27. The van der Waals surface area contributed by atoms with Gasteiger partial charge in [0.2, 0.25) is 5.91 Å². The molecule has 33 heavy (non-hydrogen) atoms. The number of aromatic nitrogens is 3. The zero-order chi connectivity index (χ0) is 22.8. The molecule has 8 heteroatoms. The Bertz CT molecular complexity index is 1170. The number of nitrogens with one attached hydrogen (secondary N) is 1. The van der Waals surface area contributed by atoms with Gasteiger partial charge in [-0.3, -0.25) is 14.7 Å². The summed E-state index contributed by atoms with van der Waals surface area (Å²) in [5.41, 5.74) is 11.0. The average molecular weight is 446 g/mol. The molecular formula is C25H27N5O3. The Hall–Kier alpha value is -3.52. The number of H-pyrrole nitrogens is 1. The second kappa shape index (κ2) is 9.15. The van der Waals surface area contributed by atoms with Crippen LogP contribution in [-0.2, 0) is 17.6 Å². The molecule has 1 aliphatic carbocycles. The monoisotopic (exact) mass is 445 g/mol. The Kier molecular flexibility index (Phi) is 5.92. The first-order chi connectivity index (χ1) is 16.1. The van der Waals surface area contributed by atoms with Crippen LogP contribution in [0.2, 0.25) is 0 Å². The summed E-state index contributed by atoms with van der Waals surface area (Å²) in [6.07, 6.45) is 4.95. The number of hydrogen-bond donors (Lipinski definition) is 2. The van der Waals surface area contributed by atoms with E-state index < -0.39 is 5.91 Å². The van der Waals surface area contributed by atoms with E-state index in [9.17, 15) is 9.59 Å². The van der Waals surface area contributed by atoms with Gasteiger partial charge in [0.1, 0.15) is 6.10 Å². The Morgan fingerprint density at radius 3 is 2.70 bits per heavy atom. The van der Waals surface area contributed by atoms with Crippen LogP contribution in [0, 0.1) is 0 Å². The van der Waals surface area contributed by atoms with Crippen LogP contribution in [0.15, 0.2) is 42.5 Å². The highest BCUT2D eigenvalue weighted by Gasteiger charge is 2.30. The Morgan fingerprint density at radius 2 is 1.88 bits per heavy atom. The molecule has 2 aliphatic rings. The van der Waals surface area contributed by atoms with E-state index in [1.165, 1.54) is 6.42 Å². The van der Waals surface area contributed by atoms with Crippen LogP contribution in [0.1, 0.15) is 63.2 Å². The van der Waals surface area contributed by atoms with Crippen molar-refractivity contribution in [3.05, 3.63) is 70.7 Å². The van der Waals surface area contributed by atoms with Crippen molar-refractivity contribution in [2.45, 2.75) is 38.2 Å². The number of benzene rings is 1. The molecule has 0 unspecified atom stereocenters. The van der Waals surface area contributed by atoms with Crippen LogP contribution >= 0.6 is 0 Å². The molecule has 1 saturated heterocycles. The summed E-state index contributed by atoms with van der Waals surface area (Å²) >= 11 is 0. The first-order valence-electron chi connectivity index (χ1n) is 11.4. The summed E-state index contributed by atoms with van der Waals surface area (Å²) in [5, 5.41) is 7.48. The minimum absolute atomic E-state index is 0.0408. The number of nitrogens with zero attached hydrogens (tertiary/aromatic N) is 3. The highest BCUT2D eigenvalue weighted by molar-refractivity contribution is 5.94. The molecule has 1 aliphatic heterocycles. The second-order valence-corrected chi connectivity index (χ2v) is 8.59. The fourth-order valence-electron chi connectivity index (χ4n) is 4.59. The normalized spacial score (nSPS) is 18.4. The molecule has 3 heterocycles. The van der Waals surface area contributed by atoms with E-state index in [-0.39, 0.29) is 12.0 Å². The molecule has 3 aromatic rings. The van der Waals surface area contributed by atoms with Gasteiger partial charge in [-0.15, -0.1) is 0 Å². The number of fused-ring (bicyclic) bond motifs is 1. The number of carbonyl (C=O) groups is 2. The zero-order valence-electron chi connectivity index (χ0n) is 18.4. The number of hydrogen-bond acceptors (Lipinski definition) is 5. The number of aryl methyl sites for hydroxylation is 1. The fourth-order valence-corrected chi connectivity index (χ4v) is 4.59. The second-order valence-electron chi connectivity index (χ2n) is 8.59. The standard InChI is InChI=1S/C25H27N5O3/c26-24(31)17-11-9-16(10-12-17)19-7-4-8-21(27-19)22-15-30(13-14-33-22)25(32)23-18-5-2-1-3-6-20(18)28-29-23/h4,7-12,22H,1-3,5-6,13-15H2,(H2,26,31)(H,28,29)/t22-/m0/s1. The van der Waals surface area contributed by atoms with Crippen molar-refractivity contribution >= 4 is 11.8 Å². The van der Waals surface area contributed by atoms with Crippen LogP contribution in [0.3, 0.4) is 0 Å². The molecule has 8 nitrogen and oxygen atoms in total. The van der Waals surface area contributed by atoms with Gasteiger partial charge in [-0.1, -0.05) is 24.6 Å². The first-order valence-corrected chi connectivity index (χ1v) is 11.4.